The van der Waals surface area contributed by atoms with Crippen LogP contribution in [0.2, 0.25) is 0 Å². The van der Waals surface area contributed by atoms with Gasteiger partial charge in [0.05, 0.1) is 19.3 Å². The van der Waals surface area contributed by atoms with Crippen molar-refractivity contribution in [2.24, 2.45) is 0 Å². The van der Waals surface area contributed by atoms with Gasteiger partial charge in [0.15, 0.2) is 5.76 Å². The van der Waals surface area contributed by atoms with Crippen LogP contribution >= 0.6 is 0 Å². The van der Waals surface area contributed by atoms with E-state index in [1.807, 2.05) is 6.07 Å². The molecule has 0 saturated heterocycles. The highest BCUT2D eigenvalue weighted by Crippen LogP contribution is 2.12. The standard InChI is InChI=1S/C11H20N2O2/c1-3-10(4-2)13(7-8-14)9-11-5-6-12-15-11/h5-6,10,14H,3-4,7-9H2,1-2H3. The molecule has 1 N–H and O–H groups in total. The van der Waals surface area contributed by atoms with Crippen LogP contribution in [0.25, 0.3) is 0 Å². The maximum atomic E-state index is 9.02. The lowest BCUT2D eigenvalue weighted by molar-refractivity contribution is 0.125. The third-order valence-electron chi connectivity index (χ3n) is 2.70. The van der Waals surface area contributed by atoms with Crippen LogP contribution in [0, 0.1) is 0 Å². The zero-order valence-electron chi connectivity index (χ0n) is 9.52. The van der Waals surface area contributed by atoms with Crippen LogP contribution in [0.15, 0.2) is 16.8 Å². The summed E-state index contributed by atoms with van der Waals surface area (Å²) in [5.74, 6) is 0.857. The molecule has 0 bridgehead atoms. The monoisotopic (exact) mass is 212 g/mol. The lowest BCUT2D eigenvalue weighted by atomic mass is 10.1. The molecule has 0 radical (unpaired) electrons. The molecule has 0 aliphatic carbocycles. The molecule has 0 spiro atoms. The Morgan fingerprint density at radius 1 is 1.47 bits per heavy atom. The fourth-order valence-electron chi connectivity index (χ4n) is 1.85. The van der Waals surface area contributed by atoms with E-state index < -0.39 is 0 Å². The highest BCUT2D eigenvalue weighted by atomic mass is 16.5. The molecule has 15 heavy (non-hydrogen) atoms. The van der Waals surface area contributed by atoms with Crippen molar-refractivity contribution in [3.63, 3.8) is 0 Å². The Hall–Kier alpha value is -0.870. The van der Waals surface area contributed by atoms with E-state index in [1.54, 1.807) is 6.20 Å². The van der Waals surface area contributed by atoms with E-state index in [9.17, 15) is 0 Å². The van der Waals surface area contributed by atoms with E-state index in [0.29, 0.717) is 12.6 Å². The Morgan fingerprint density at radius 2 is 2.20 bits per heavy atom. The van der Waals surface area contributed by atoms with Gasteiger partial charge < -0.3 is 9.63 Å². The number of aromatic nitrogens is 1. The minimum Gasteiger partial charge on any atom is -0.395 e. The molecule has 0 saturated carbocycles. The molecule has 1 aromatic rings. The van der Waals surface area contributed by atoms with Crippen molar-refractivity contribution in [2.45, 2.75) is 39.3 Å². The van der Waals surface area contributed by atoms with Gasteiger partial charge in [0.1, 0.15) is 0 Å². The number of hydrogen-bond donors (Lipinski definition) is 1. The van der Waals surface area contributed by atoms with E-state index in [1.165, 1.54) is 0 Å². The second kappa shape index (κ2) is 6.58. The third kappa shape index (κ3) is 3.64. The van der Waals surface area contributed by atoms with Gasteiger partial charge in [-0.1, -0.05) is 19.0 Å². The first-order valence-corrected chi connectivity index (χ1v) is 5.56. The van der Waals surface area contributed by atoms with Gasteiger partial charge in [-0.15, -0.1) is 0 Å². The second-order valence-electron chi connectivity index (χ2n) is 3.64. The predicted octanol–water partition coefficient (Wildman–Crippen LogP) is 1.66. The SMILES string of the molecule is CCC(CC)N(CCO)Cc1ccno1. The van der Waals surface area contributed by atoms with Crippen molar-refractivity contribution in [3.8, 4) is 0 Å². The number of aliphatic hydroxyl groups is 1. The van der Waals surface area contributed by atoms with Crippen molar-refractivity contribution in [2.75, 3.05) is 13.2 Å². The minimum absolute atomic E-state index is 0.185. The maximum Gasteiger partial charge on any atom is 0.150 e. The van der Waals surface area contributed by atoms with Crippen LogP contribution in [-0.4, -0.2) is 34.4 Å². The van der Waals surface area contributed by atoms with E-state index in [4.69, 9.17) is 9.63 Å². The highest BCUT2D eigenvalue weighted by molar-refractivity contribution is 4.93. The first kappa shape index (κ1) is 12.2. The maximum absolute atomic E-state index is 9.02. The van der Waals surface area contributed by atoms with Gasteiger partial charge in [-0.3, -0.25) is 4.90 Å². The van der Waals surface area contributed by atoms with Gasteiger partial charge in [-0.2, -0.15) is 0 Å². The van der Waals surface area contributed by atoms with Crippen molar-refractivity contribution >= 4 is 0 Å². The number of aliphatic hydroxyl groups excluding tert-OH is 1. The quantitative estimate of drug-likeness (QED) is 0.746. The van der Waals surface area contributed by atoms with Gasteiger partial charge in [-0.25, -0.2) is 0 Å². The summed E-state index contributed by atoms with van der Waals surface area (Å²) in [6.07, 6.45) is 3.83. The average molecular weight is 212 g/mol. The summed E-state index contributed by atoms with van der Waals surface area (Å²) < 4.78 is 5.08. The van der Waals surface area contributed by atoms with E-state index in [-0.39, 0.29) is 6.61 Å². The molecule has 0 unspecified atom stereocenters. The van der Waals surface area contributed by atoms with Gasteiger partial charge in [0, 0.05) is 18.7 Å². The van der Waals surface area contributed by atoms with Crippen LogP contribution < -0.4 is 0 Å². The molecule has 1 heterocycles. The second-order valence-corrected chi connectivity index (χ2v) is 3.64. The van der Waals surface area contributed by atoms with Crippen molar-refractivity contribution in [1.29, 1.82) is 0 Å². The first-order chi connectivity index (χ1) is 7.31. The molecule has 0 fully saturated rings. The summed E-state index contributed by atoms with van der Waals surface area (Å²) in [6, 6.07) is 2.37. The topological polar surface area (TPSA) is 49.5 Å². The summed E-state index contributed by atoms with van der Waals surface area (Å²) >= 11 is 0. The highest BCUT2D eigenvalue weighted by Gasteiger charge is 2.16. The van der Waals surface area contributed by atoms with Crippen LogP contribution in [0.5, 0.6) is 0 Å². The van der Waals surface area contributed by atoms with E-state index >= 15 is 0 Å². The molecule has 0 atom stereocenters. The Kier molecular flexibility index (Phi) is 5.36. The molecular formula is C11H20N2O2. The number of nitrogens with zero attached hydrogens (tertiary/aromatic N) is 2. The first-order valence-electron chi connectivity index (χ1n) is 5.56. The normalized spacial score (nSPS) is 11.5. The fourth-order valence-corrected chi connectivity index (χ4v) is 1.85. The summed E-state index contributed by atoms with van der Waals surface area (Å²) in [7, 11) is 0. The molecule has 0 amide bonds. The molecule has 0 aromatic carbocycles. The Bertz CT molecular complexity index is 245. The lowest BCUT2D eigenvalue weighted by Crippen LogP contribution is -2.36. The molecule has 4 nitrogen and oxygen atoms in total. The molecule has 0 aliphatic heterocycles. The van der Waals surface area contributed by atoms with Gasteiger partial charge >= 0.3 is 0 Å². The average Bonchev–Trinajstić information content (AvgIpc) is 2.72. The van der Waals surface area contributed by atoms with Crippen molar-refractivity contribution in [3.05, 3.63) is 18.0 Å². The van der Waals surface area contributed by atoms with Gasteiger partial charge in [0.2, 0.25) is 0 Å². The van der Waals surface area contributed by atoms with E-state index in [0.717, 1.165) is 25.1 Å². The summed E-state index contributed by atoms with van der Waals surface area (Å²) in [5.41, 5.74) is 0. The summed E-state index contributed by atoms with van der Waals surface area (Å²) in [5, 5.41) is 12.7. The van der Waals surface area contributed by atoms with Gasteiger partial charge in [0.25, 0.3) is 0 Å². The smallest absolute Gasteiger partial charge is 0.150 e. The van der Waals surface area contributed by atoms with Crippen LogP contribution in [0.1, 0.15) is 32.4 Å². The minimum atomic E-state index is 0.185. The molecular weight excluding hydrogens is 192 g/mol. The van der Waals surface area contributed by atoms with Gasteiger partial charge in [-0.05, 0) is 12.8 Å². The lowest BCUT2D eigenvalue weighted by Gasteiger charge is -2.28. The number of rotatable bonds is 7. The largest absolute Gasteiger partial charge is 0.395 e. The molecule has 4 heteroatoms. The molecule has 86 valence electrons. The summed E-state index contributed by atoms with van der Waals surface area (Å²) in [4.78, 5) is 2.24. The number of hydrogen-bond acceptors (Lipinski definition) is 4. The Labute approximate surface area is 90.9 Å². The molecule has 1 rings (SSSR count). The van der Waals surface area contributed by atoms with Crippen LogP contribution in [0.3, 0.4) is 0 Å². The van der Waals surface area contributed by atoms with Crippen molar-refractivity contribution in [1.82, 2.24) is 10.1 Å². The predicted molar refractivity (Wildman–Crippen MR) is 58.4 cm³/mol. The molecule has 0 aliphatic rings. The third-order valence-corrected chi connectivity index (χ3v) is 2.70. The van der Waals surface area contributed by atoms with Crippen LogP contribution in [-0.2, 0) is 6.54 Å². The van der Waals surface area contributed by atoms with Crippen LogP contribution in [0.4, 0.5) is 0 Å². The zero-order chi connectivity index (χ0) is 11.1. The Balaban J connectivity index is 2.56. The van der Waals surface area contributed by atoms with E-state index in [2.05, 4.69) is 23.9 Å². The Morgan fingerprint density at radius 3 is 2.67 bits per heavy atom. The summed E-state index contributed by atoms with van der Waals surface area (Å²) in [6.45, 7) is 5.93. The molecule has 1 aromatic heterocycles. The fraction of sp³-hybridized carbons (Fsp3) is 0.727. The zero-order valence-corrected chi connectivity index (χ0v) is 9.52. The van der Waals surface area contributed by atoms with Crippen molar-refractivity contribution < 1.29 is 9.63 Å².